The van der Waals surface area contributed by atoms with Gasteiger partial charge in [-0.1, -0.05) is 81.4 Å². The summed E-state index contributed by atoms with van der Waals surface area (Å²) >= 11 is 1.29. The van der Waals surface area contributed by atoms with Crippen molar-refractivity contribution in [3.8, 4) is 5.88 Å². The second kappa shape index (κ2) is 12.7. The number of aromatic hydroxyl groups is 1. The quantitative estimate of drug-likeness (QED) is 0.253. The molecular weight excluding hydrogens is 574 g/mol. The molecule has 0 spiro atoms. The van der Waals surface area contributed by atoms with Crippen LogP contribution < -0.4 is 21.6 Å². The van der Waals surface area contributed by atoms with Gasteiger partial charge in [-0.25, -0.2) is 4.79 Å². The molecule has 0 aliphatic carbocycles. The van der Waals surface area contributed by atoms with E-state index in [1.54, 1.807) is 6.26 Å². The molecule has 0 saturated carbocycles. The fourth-order valence-corrected chi connectivity index (χ4v) is 10.8. The molecule has 3 aromatic rings. The van der Waals surface area contributed by atoms with E-state index in [0.29, 0.717) is 0 Å². The minimum absolute atomic E-state index is 0.0289. The van der Waals surface area contributed by atoms with E-state index in [4.69, 9.17) is 9.16 Å². The summed E-state index contributed by atoms with van der Waals surface area (Å²) in [4.78, 5) is 29.1. The summed E-state index contributed by atoms with van der Waals surface area (Å²) in [5.74, 6) is -0.545. The van der Waals surface area contributed by atoms with Crippen molar-refractivity contribution in [1.29, 1.82) is 0 Å². The summed E-state index contributed by atoms with van der Waals surface area (Å²) in [6, 6.07) is 19.3. The molecule has 1 aliphatic rings. The number of hydrogen-bond acceptors (Lipinski definition) is 9. The molecule has 1 fully saturated rings. The second-order valence-electron chi connectivity index (χ2n) is 11.4. The number of aliphatic hydroxyl groups excluding tert-OH is 2. The Hall–Kier alpha value is -3.00. The first-order valence-corrected chi connectivity index (χ1v) is 16.9. The molecule has 1 aromatic heterocycles. The Labute approximate surface area is 250 Å². The molecule has 4 rings (SSSR count). The van der Waals surface area contributed by atoms with Gasteiger partial charge >= 0.3 is 5.69 Å². The highest BCUT2D eigenvalue weighted by molar-refractivity contribution is 7.99. The topological polar surface area (TPSA) is 136 Å². The normalized spacial score (nSPS) is 23.4. The number of hydrogen-bond donors (Lipinski definition) is 3. The molecule has 226 valence electrons. The fraction of sp³-hybridized carbons (Fsp3) is 0.433. The van der Waals surface area contributed by atoms with E-state index in [1.807, 2.05) is 36.4 Å². The van der Waals surface area contributed by atoms with Gasteiger partial charge in [-0.3, -0.25) is 18.9 Å². The third-order valence-electron chi connectivity index (χ3n) is 7.83. The summed E-state index contributed by atoms with van der Waals surface area (Å²) in [6.07, 6.45) is -0.641. The third-order valence-corrected chi connectivity index (χ3v) is 13.7. The van der Waals surface area contributed by atoms with Crippen molar-refractivity contribution < 1.29 is 24.5 Å². The van der Waals surface area contributed by atoms with Gasteiger partial charge in [-0.05, 0) is 21.7 Å². The largest absolute Gasteiger partial charge is 0.494 e. The molecule has 5 atom stereocenters. The summed E-state index contributed by atoms with van der Waals surface area (Å²) in [5, 5.41) is 34.7. The Balaban J connectivity index is 1.64. The van der Waals surface area contributed by atoms with Crippen molar-refractivity contribution in [3.05, 3.63) is 87.1 Å². The Morgan fingerprint density at radius 1 is 0.976 bits per heavy atom. The fourth-order valence-electron chi connectivity index (χ4n) is 5.51. The van der Waals surface area contributed by atoms with Gasteiger partial charge in [-0.15, -0.1) is 11.8 Å². The van der Waals surface area contributed by atoms with Gasteiger partial charge in [-0.2, -0.15) is 0 Å². The second-order valence-corrected chi connectivity index (χ2v) is 16.7. The van der Waals surface area contributed by atoms with E-state index in [-0.39, 0.29) is 17.2 Å². The predicted octanol–water partition coefficient (Wildman–Crippen LogP) is 0.963. The maximum Gasteiger partial charge on any atom is 0.333 e. The molecule has 0 radical (unpaired) electrons. The SMILES string of the molecule is CS[C@@H]1O[C@H](CO[Si](c2ccccc2)(c2ccccc2)C(C)(C)C)[C@@H](O)[C@H](O)[C@H]1N=Cc1c(O)n(C)c(=O)n(C)c1=O. The van der Waals surface area contributed by atoms with Gasteiger partial charge in [0.2, 0.25) is 5.88 Å². The molecule has 12 heteroatoms. The molecule has 1 aliphatic heterocycles. The van der Waals surface area contributed by atoms with Crippen LogP contribution in [0.2, 0.25) is 5.04 Å². The van der Waals surface area contributed by atoms with Crippen LogP contribution in [0.4, 0.5) is 0 Å². The summed E-state index contributed by atoms with van der Waals surface area (Å²) in [5.41, 5.74) is -2.32. The average molecular weight is 614 g/mol. The van der Waals surface area contributed by atoms with Crippen LogP contribution in [0.25, 0.3) is 0 Å². The first-order valence-electron chi connectivity index (χ1n) is 13.7. The van der Waals surface area contributed by atoms with Gasteiger partial charge in [0.25, 0.3) is 13.9 Å². The number of aromatic nitrogens is 2. The van der Waals surface area contributed by atoms with Crippen LogP contribution in [0.15, 0.2) is 75.2 Å². The lowest BCUT2D eigenvalue weighted by atomic mass is 9.98. The minimum atomic E-state index is -2.92. The van der Waals surface area contributed by atoms with Gasteiger partial charge in [0.1, 0.15) is 35.4 Å². The van der Waals surface area contributed by atoms with Crippen LogP contribution in [-0.4, -0.2) is 81.6 Å². The van der Waals surface area contributed by atoms with E-state index in [9.17, 15) is 24.9 Å². The maximum atomic E-state index is 12.6. The predicted molar refractivity (Wildman–Crippen MR) is 168 cm³/mol. The zero-order valence-electron chi connectivity index (χ0n) is 24.7. The van der Waals surface area contributed by atoms with Crippen LogP contribution in [0.1, 0.15) is 26.3 Å². The monoisotopic (exact) mass is 613 g/mol. The summed E-state index contributed by atoms with van der Waals surface area (Å²) in [6.45, 7) is 6.49. The lowest BCUT2D eigenvalue weighted by Crippen LogP contribution is -2.68. The first kappa shape index (κ1) is 31.9. The molecular formula is C30H39N3O7SSi. The van der Waals surface area contributed by atoms with Gasteiger partial charge < -0.3 is 24.5 Å². The first-order chi connectivity index (χ1) is 19.8. The number of aliphatic hydroxyl groups is 2. The molecule has 0 unspecified atom stereocenters. The van der Waals surface area contributed by atoms with E-state index in [2.05, 4.69) is 50.0 Å². The Morgan fingerprint density at radius 2 is 1.52 bits per heavy atom. The highest BCUT2D eigenvalue weighted by Crippen LogP contribution is 2.38. The Bertz CT molecular complexity index is 1480. The lowest BCUT2D eigenvalue weighted by molar-refractivity contribution is -0.163. The average Bonchev–Trinajstić information content (AvgIpc) is 2.98. The van der Waals surface area contributed by atoms with Crippen LogP contribution >= 0.6 is 11.8 Å². The molecule has 10 nitrogen and oxygen atoms in total. The molecule has 2 heterocycles. The molecule has 0 bridgehead atoms. The summed E-state index contributed by atoms with van der Waals surface area (Å²) in [7, 11) is -0.296. The zero-order chi connectivity index (χ0) is 30.8. The van der Waals surface area contributed by atoms with Gasteiger partial charge in [0.15, 0.2) is 0 Å². The highest BCUT2D eigenvalue weighted by atomic mass is 32.2. The number of thioether (sulfide) groups is 1. The number of nitrogens with zero attached hydrogens (tertiary/aromatic N) is 3. The van der Waals surface area contributed by atoms with Crippen LogP contribution in [0.3, 0.4) is 0 Å². The van der Waals surface area contributed by atoms with E-state index >= 15 is 0 Å². The van der Waals surface area contributed by atoms with Crippen LogP contribution in [-0.2, 0) is 23.3 Å². The van der Waals surface area contributed by atoms with Crippen molar-refractivity contribution in [3.63, 3.8) is 0 Å². The summed E-state index contributed by atoms with van der Waals surface area (Å²) < 4.78 is 15.0. The van der Waals surface area contributed by atoms with Crippen LogP contribution in [0.5, 0.6) is 5.88 Å². The third kappa shape index (κ3) is 5.79. The van der Waals surface area contributed by atoms with Crippen molar-refractivity contribution in [2.75, 3.05) is 12.9 Å². The minimum Gasteiger partial charge on any atom is -0.494 e. The van der Waals surface area contributed by atoms with Crippen molar-refractivity contribution >= 4 is 36.7 Å². The highest BCUT2D eigenvalue weighted by Gasteiger charge is 2.52. The van der Waals surface area contributed by atoms with Gasteiger partial charge in [0.05, 0.1) is 6.61 Å². The lowest BCUT2D eigenvalue weighted by Gasteiger charge is -2.46. The molecule has 3 N–H and O–H groups in total. The number of ether oxygens (including phenoxy) is 1. The number of aliphatic imine (C=N–C) groups is 1. The van der Waals surface area contributed by atoms with Crippen molar-refractivity contribution in [1.82, 2.24) is 9.13 Å². The van der Waals surface area contributed by atoms with Crippen molar-refractivity contribution in [2.45, 2.75) is 55.6 Å². The molecule has 42 heavy (non-hydrogen) atoms. The maximum absolute atomic E-state index is 12.6. The van der Waals surface area contributed by atoms with Gasteiger partial charge in [0, 0.05) is 20.3 Å². The van der Waals surface area contributed by atoms with Crippen molar-refractivity contribution in [2.24, 2.45) is 19.1 Å². The Morgan fingerprint density at radius 3 is 2.02 bits per heavy atom. The molecule has 1 saturated heterocycles. The number of benzene rings is 2. The van der Waals surface area contributed by atoms with E-state index in [0.717, 1.165) is 25.7 Å². The molecule has 0 amide bonds. The smallest absolute Gasteiger partial charge is 0.333 e. The van der Waals surface area contributed by atoms with E-state index < -0.39 is 55.2 Å². The van der Waals surface area contributed by atoms with E-state index in [1.165, 1.54) is 25.9 Å². The van der Waals surface area contributed by atoms with Crippen LogP contribution in [0, 0.1) is 0 Å². The zero-order valence-corrected chi connectivity index (χ0v) is 26.5. The number of rotatable bonds is 8. The molecule has 2 aromatic carbocycles. The Kier molecular flexibility index (Phi) is 9.65. The standard InChI is InChI=1S/C30H39N3O7SSi/c1-30(2,3)42(19-13-9-7-10-14-19,20-15-11-8-12-16-20)39-18-22-24(34)25(35)23(28(40-22)41-6)31-17-21-26(36)32(4)29(38)33(5)27(21)37/h7-17,22-25,28,34-36H,18H2,1-6H3/t22-,23-,24-,25-,28+/m1/s1.